The first kappa shape index (κ1) is 13.1. The van der Waals surface area contributed by atoms with E-state index in [9.17, 15) is 9.59 Å². The molecule has 6 nitrogen and oxygen atoms in total. The van der Waals surface area contributed by atoms with Gasteiger partial charge in [0.15, 0.2) is 0 Å². The number of nitrogens with two attached hydrogens (primary N) is 2. The highest BCUT2D eigenvalue weighted by molar-refractivity contribution is 5.95. The van der Waals surface area contributed by atoms with E-state index in [2.05, 4.69) is 4.98 Å². The molecule has 94 valence electrons. The summed E-state index contributed by atoms with van der Waals surface area (Å²) in [6.45, 7) is 4.31. The molecule has 1 aromatic rings. The second-order valence-corrected chi connectivity index (χ2v) is 4.39. The summed E-state index contributed by atoms with van der Waals surface area (Å²) in [4.78, 5) is 27.2. The normalized spacial score (nSPS) is 10.5. The van der Waals surface area contributed by atoms with Crippen molar-refractivity contribution in [2.45, 2.75) is 13.8 Å². The SMILES string of the molecule is CC(C)CN(CC(N)=O)C(=O)c1cc(N)c[nH]1. The van der Waals surface area contributed by atoms with Gasteiger partial charge in [0.05, 0.1) is 6.54 Å². The second-order valence-electron chi connectivity index (χ2n) is 4.39. The molecule has 6 heteroatoms. The lowest BCUT2D eigenvalue weighted by Crippen LogP contribution is -2.40. The highest BCUT2D eigenvalue weighted by Gasteiger charge is 2.19. The number of aromatic amines is 1. The minimum atomic E-state index is -0.529. The predicted molar refractivity (Wildman–Crippen MR) is 65.1 cm³/mol. The third-order valence-electron chi connectivity index (χ3n) is 2.16. The van der Waals surface area contributed by atoms with Gasteiger partial charge < -0.3 is 21.4 Å². The van der Waals surface area contributed by atoms with Crippen LogP contribution in [0, 0.1) is 5.92 Å². The van der Waals surface area contributed by atoms with E-state index in [-0.39, 0.29) is 18.4 Å². The molecule has 1 aromatic heterocycles. The summed E-state index contributed by atoms with van der Waals surface area (Å²) in [6, 6.07) is 1.54. The summed E-state index contributed by atoms with van der Waals surface area (Å²) in [5.41, 5.74) is 11.5. The fraction of sp³-hybridized carbons (Fsp3) is 0.455. The van der Waals surface area contributed by atoms with E-state index in [1.54, 1.807) is 0 Å². The van der Waals surface area contributed by atoms with E-state index >= 15 is 0 Å². The standard InChI is InChI=1S/C11H18N4O2/c1-7(2)5-15(6-10(13)16)11(17)9-3-8(12)4-14-9/h3-4,7,14H,5-6,12H2,1-2H3,(H2,13,16). The predicted octanol–water partition coefficient (Wildman–Crippen LogP) is 0.180. The van der Waals surface area contributed by atoms with Crippen LogP contribution in [0.2, 0.25) is 0 Å². The molecule has 1 heterocycles. The van der Waals surface area contributed by atoms with E-state index in [0.717, 1.165) is 0 Å². The summed E-state index contributed by atoms with van der Waals surface area (Å²) in [7, 11) is 0. The number of H-pyrrole nitrogens is 1. The molecule has 0 aliphatic rings. The van der Waals surface area contributed by atoms with Gasteiger partial charge in [-0.2, -0.15) is 0 Å². The molecule has 0 unspecified atom stereocenters. The van der Waals surface area contributed by atoms with Crippen molar-refractivity contribution in [1.82, 2.24) is 9.88 Å². The monoisotopic (exact) mass is 238 g/mol. The molecule has 0 saturated heterocycles. The number of anilines is 1. The van der Waals surface area contributed by atoms with Crippen LogP contribution in [0.15, 0.2) is 12.3 Å². The third kappa shape index (κ3) is 3.82. The Hall–Kier alpha value is -1.98. The topological polar surface area (TPSA) is 105 Å². The van der Waals surface area contributed by atoms with Gasteiger partial charge in [0.1, 0.15) is 5.69 Å². The van der Waals surface area contributed by atoms with Crippen LogP contribution < -0.4 is 11.5 Å². The van der Waals surface area contributed by atoms with E-state index in [4.69, 9.17) is 11.5 Å². The summed E-state index contributed by atoms with van der Waals surface area (Å²) in [5, 5.41) is 0. The van der Waals surface area contributed by atoms with Gasteiger partial charge in [0, 0.05) is 18.4 Å². The van der Waals surface area contributed by atoms with Gasteiger partial charge in [-0.05, 0) is 12.0 Å². The largest absolute Gasteiger partial charge is 0.397 e. The molecular formula is C11H18N4O2. The van der Waals surface area contributed by atoms with Crippen molar-refractivity contribution >= 4 is 17.5 Å². The van der Waals surface area contributed by atoms with E-state index in [1.807, 2.05) is 13.8 Å². The molecule has 0 saturated carbocycles. The number of rotatable bonds is 5. The van der Waals surface area contributed by atoms with E-state index in [1.165, 1.54) is 17.2 Å². The van der Waals surface area contributed by atoms with Crippen LogP contribution >= 0.6 is 0 Å². The first-order chi connectivity index (χ1) is 7.90. The lowest BCUT2D eigenvalue weighted by molar-refractivity contribution is -0.118. The molecule has 0 spiro atoms. The van der Waals surface area contributed by atoms with Crippen molar-refractivity contribution in [3.63, 3.8) is 0 Å². The first-order valence-electron chi connectivity index (χ1n) is 5.41. The zero-order chi connectivity index (χ0) is 13.0. The molecule has 0 fully saturated rings. The van der Waals surface area contributed by atoms with Crippen molar-refractivity contribution in [2.24, 2.45) is 11.7 Å². The number of hydrogen-bond acceptors (Lipinski definition) is 3. The highest BCUT2D eigenvalue weighted by atomic mass is 16.2. The third-order valence-corrected chi connectivity index (χ3v) is 2.16. The van der Waals surface area contributed by atoms with Crippen molar-refractivity contribution < 1.29 is 9.59 Å². The maximum absolute atomic E-state index is 12.1. The summed E-state index contributed by atoms with van der Waals surface area (Å²) in [6.07, 6.45) is 1.53. The molecule has 17 heavy (non-hydrogen) atoms. The fourth-order valence-corrected chi connectivity index (χ4v) is 1.55. The summed E-state index contributed by atoms with van der Waals surface area (Å²) < 4.78 is 0. The first-order valence-corrected chi connectivity index (χ1v) is 5.41. The Kier molecular flexibility index (Phi) is 4.14. The van der Waals surface area contributed by atoms with Gasteiger partial charge in [0.25, 0.3) is 5.91 Å². The number of amides is 2. The van der Waals surface area contributed by atoms with Crippen LogP contribution in [-0.4, -0.2) is 34.8 Å². The average Bonchev–Trinajstić information content (AvgIpc) is 2.61. The molecule has 0 aliphatic heterocycles. The molecule has 5 N–H and O–H groups in total. The van der Waals surface area contributed by atoms with Crippen molar-refractivity contribution in [2.75, 3.05) is 18.8 Å². The van der Waals surface area contributed by atoms with Crippen molar-refractivity contribution in [1.29, 1.82) is 0 Å². The molecule has 0 atom stereocenters. The number of aromatic nitrogens is 1. The molecule has 0 bridgehead atoms. The quantitative estimate of drug-likeness (QED) is 0.681. The molecule has 2 amide bonds. The zero-order valence-electron chi connectivity index (χ0n) is 10.1. The lowest BCUT2D eigenvalue weighted by atomic mass is 10.2. The van der Waals surface area contributed by atoms with E-state index in [0.29, 0.717) is 17.9 Å². The van der Waals surface area contributed by atoms with Crippen molar-refractivity contribution in [3.8, 4) is 0 Å². The summed E-state index contributed by atoms with van der Waals surface area (Å²) in [5.74, 6) is -0.543. The Morgan fingerprint density at radius 2 is 2.12 bits per heavy atom. The van der Waals surface area contributed by atoms with Crippen LogP contribution in [0.3, 0.4) is 0 Å². The van der Waals surface area contributed by atoms with Crippen LogP contribution in [0.25, 0.3) is 0 Å². The highest BCUT2D eigenvalue weighted by Crippen LogP contribution is 2.09. The van der Waals surface area contributed by atoms with Gasteiger partial charge >= 0.3 is 0 Å². The number of nitrogen functional groups attached to an aromatic ring is 1. The van der Waals surface area contributed by atoms with Gasteiger partial charge in [-0.3, -0.25) is 9.59 Å². The van der Waals surface area contributed by atoms with Crippen LogP contribution in [0.5, 0.6) is 0 Å². The van der Waals surface area contributed by atoms with Crippen LogP contribution in [-0.2, 0) is 4.79 Å². The Morgan fingerprint density at radius 1 is 1.47 bits per heavy atom. The number of primary amides is 1. The Bertz CT molecular complexity index is 411. The zero-order valence-corrected chi connectivity index (χ0v) is 10.1. The average molecular weight is 238 g/mol. The molecule has 0 radical (unpaired) electrons. The van der Waals surface area contributed by atoms with Gasteiger partial charge in [-0.1, -0.05) is 13.8 Å². The Morgan fingerprint density at radius 3 is 2.53 bits per heavy atom. The van der Waals surface area contributed by atoms with Crippen molar-refractivity contribution in [3.05, 3.63) is 18.0 Å². The number of nitrogens with zero attached hydrogens (tertiary/aromatic N) is 1. The van der Waals surface area contributed by atoms with Gasteiger partial charge in [-0.25, -0.2) is 0 Å². The Labute approximate surface area is 100.0 Å². The summed E-state index contributed by atoms with van der Waals surface area (Å²) >= 11 is 0. The molecule has 0 aliphatic carbocycles. The number of nitrogens with one attached hydrogen (secondary N) is 1. The molecule has 0 aromatic carbocycles. The minimum absolute atomic E-state index is 0.0874. The van der Waals surface area contributed by atoms with Gasteiger partial charge in [-0.15, -0.1) is 0 Å². The molecular weight excluding hydrogens is 220 g/mol. The second kappa shape index (κ2) is 5.38. The lowest BCUT2D eigenvalue weighted by Gasteiger charge is -2.22. The van der Waals surface area contributed by atoms with E-state index < -0.39 is 5.91 Å². The smallest absolute Gasteiger partial charge is 0.270 e. The number of carbonyl (C=O) groups is 2. The maximum atomic E-state index is 12.1. The maximum Gasteiger partial charge on any atom is 0.270 e. The van der Waals surface area contributed by atoms with Crippen LogP contribution in [0.1, 0.15) is 24.3 Å². The molecule has 1 rings (SSSR count). The number of hydrogen-bond donors (Lipinski definition) is 3. The van der Waals surface area contributed by atoms with Crippen LogP contribution in [0.4, 0.5) is 5.69 Å². The number of carbonyl (C=O) groups excluding carboxylic acids is 2. The minimum Gasteiger partial charge on any atom is -0.397 e. The van der Waals surface area contributed by atoms with Gasteiger partial charge in [0.2, 0.25) is 5.91 Å². The Balaban J connectivity index is 2.82. The fourth-order valence-electron chi connectivity index (χ4n) is 1.55.